The van der Waals surface area contributed by atoms with Crippen molar-refractivity contribution in [3.8, 4) is 0 Å². The SMILES string of the molecule is O=C(Nc1cccc(N2CCCN(Cc3cccc(F)c3)C2=O)c1)C1CCCC1. The van der Waals surface area contributed by atoms with Gasteiger partial charge in [-0.05, 0) is 55.2 Å². The summed E-state index contributed by atoms with van der Waals surface area (Å²) in [5, 5.41) is 3.00. The van der Waals surface area contributed by atoms with Crippen molar-refractivity contribution < 1.29 is 14.0 Å². The molecule has 2 aromatic carbocycles. The van der Waals surface area contributed by atoms with Crippen LogP contribution < -0.4 is 10.2 Å². The Morgan fingerprint density at radius 1 is 1.03 bits per heavy atom. The summed E-state index contributed by atoms with van der Waals surface area (Å²) in [6.45, 7) is 1.65. The summed E-state index contributed by atoms with van der Waals surface area (Å²) < 4.78 is 13.5. The van der Waals surface area contributed by atoms with Crippen LogP contribution >= 0.6 is 0 Å². The first-order chi connectivity index (χ1) is 14.1. The van der Waals surface area contributed by atoms with Crippen LogP contribution in [0.15, 0.2) is 48.5 Å². The number of hydrogen-bond donors (Lipinski definition) is 1. The molecule has 0 unspecified atom stereocenters. The summed E-state index contributed by atoms with van der Waals surface area (Å²) in [6, 6.07) is 13.7. The fourth-order valence-electron chi connectivity index (χ4n) is 4.21. The third kappa shape index (κ3) is 4.58. The summed E-state index contributed by atoms with van der Waals surface area (Å²) in [5.41, 5.74) is 2.26. The standard InChI is InChI=1S/C23H26FN3O2/c24-19-9-3-6-17(14-19)16-26-12-5-13-27(23(26)29)21-11-4-10-20(15-21)25-22(28)18-7-1-2-8-18/h3-4,6,9-11,14-15,18H,1-2,5,7-8,12-13,16H2,(H,25,28). The zero-order valence-electron chi connectivity index (χ0n) is 16.4. The van der Waals surface area contributed by atoms with Gasteiger partial charge in [-0.1, -0.05) is 31.0 Å². The van der Waals surface area contributed by atoms with Gasteiger partial charge in [0.2, 0.25) is 5.91 Å². The van der Waals surface area contributed by atoms with E-state index in [0.29, 0.717) is 19.6 Å². The second-order valence-electron chi connectivity index (χ2n) is 7.86. The lowest BCUT2D eigenvalue weighted by atomic mass is 10.1. The van der Waals surface area contributed by atoms with Crippen LogP contribution in [0.3, 0.4) is 0 Å². The molecule has 4 rings (SSSR count). The molecule has 0 aromatic heterocycles. The molecule has 1 saturated heterocycles. The third-order valence-electron chi connectivity index (χ3n) is 5.72. The van der Waals surface area contributed by atoms with E-state index in [0.717, 1.165) is 49.0 Å². The number of hydrogen-bond acceptors (Lipinski definition) is 2. The van der Waals surface area contributed by atoms with Gasteiger partial charge in [0.15, 0.2) is 0 Å². The van der Waals surface area contributed by atoms with Crippen LogP contribution in [-0.2, 0) is 11.3 Å². The van der Waals surface area contributed by atoms with E-state index in [1.807, 2.05) is 30.3 Å². The molecule has 0 spiro atoms. The molecule has 0 radical (unpaired) electrons. The highest BCUT2D eigenvalue weighted by Gasteiger charge is 2.27. The summed E-state index contributed by atoms with van der Waals surface area (Å²) in [4.78, 5) is 28.9. The molecule has 1 saturated carbocycles. The Kier molecular flexibility index (Phi) is 5.79. The number of amides is 3. The Hall–Kier alpha value is -2.89. The molecular weight excluding hydrogens is 369 g/mol. The van der Waals surface area contributed by atoms with Crippen molar-refractivity contribution in [3.63, 3.8) is 0 Å². The first-order valence-corrected chi connectivity index (χ1v) is 10.3. The van der Waals surface area contributed by atoms with E-state index in [1.54, 1.807) is 15.9 Å². The van der Waals surface area contributed by atoms with Gasteiger partial charge in [-0.25, -0.2) is 9.18 Å². The summed E-state index contributed by atoms with van der Waals surface area (Å²) in [6.07, 6.45) is 4.96. The zero-order valence-corrected chi connectivity index (χ0v) is 16.4. The molecule has 3 amide bonds. The molecule has 1 N–H and O–H groups in total. The second kappa shape index (κ2) is 8.64. The van der Waals surface area contributed by atoms with E-state index in [9.17, 15) is 14.0 Å². The van der Waals surface area contributed by atoms with E-state index in [4.69, 9.17) is 0 Å². The van der Waals surface area contributed by atoms with Crippen LogP contribution in [0.1, 0.15) is 37.7 Å². The number of halogens is 1. The van der Waals surface area contributed by atoms with E-state index in [2.05, 4.69) is 5.32 Å². The van der Waals surface area contributed by atoms with Crippen molar-refractivity contribution in [1.29, 1.82) is 0 Å². The Labute approximate surface area is 170 Å². The molecule has 0 bridgehead atoms. The molecule has 6 heteroatoms. The molecular formula is C23H26FN3O2. The average molecular weight is 395 g/mol. The van der Waals surface area contributed by atoms with Crippen LogP contribution in [0.25, 0.3) is 0 Å². The number of carbonyl (C=O) groups excluding carboxylic acids is 2. The van der Waals surface area contributed by atoms with E-state index in [1.165, 1.54) is 12.1 Å². The maximum absolute atomic E-state index is 13.5. The van der Waals surface area contributed by atoms with Gasteiger partial charge >= 0.3 is 6.03 Å². The monoisotopic (exact) mass is 395 g/mol. The van der Waals surface area contributed by atoms with Crippen molar-refractivity contribution in [2.24, 2.45) is 5.92 Å². The van der Waals surface area contributed by atoms with Gasteiger partial charge < -0.3 is 10.2 Å². The van der Waals surface area contributed by atoms with Crippen LogP contribution in [0.2, 0.25) is 0 Å². The van der Waals surface area contributed by atoms with Gasteiger partial charge in [-0.3, -0.25) is 9.69 Å². The average Bonchev–Trinajstić information content (AvgIpc) is 3.25. The second-order valence-corrected chi connectivity index (χ2v) is 7.86. The minimum Gasteiger partial charge on any atom is -0.326 e. The largest absolute Gasteiger partial charge is 0.326 e. The number of rotatable bonds is 5. The van der Waals surface area contributed by atoms with Crippen molar-refractivity contribution in [2.45, 2.75) is 38.6 Å². The summed E-state index contributed by atoms with van der Waals surface area (Å²) in [5.74, 6) is -0.135. The van der Waals surface area contributed by atoms with Gasteiger partial charge in [0, 0.05) is 36.9 Å². The molecule has 152 valence electrons. The minimum atomic E-state index is -0.297. The van der Waals surface area contributed by atoms with E-state index in [-0.39, 0.29) is 23.7 Å². The first kappa shape index (κ1) is 19.4. The molecule has 29 heavy (non-hydrogen) atoms. The molecule has 2 aliphatic rings. The topological polar surface area (TPSA) is 52.7 Å². The van der Waals surface area contributed by atoms with Crippen LogP contribution in [0.5, 0.6) is 0 Å². The lowest BCUT2D eigenvalue weighted by Crippen LogP contribution is -2.49. The first-order valence-electron chi connectivity index (χ1n) is 10.3. The van der Waals surface area contributed by atoms with Crippen LogP contribution in [0.4, 0.5) is 20.6 Å². The van der Waals surface area contributed by atoms with E-state index >= 15 is 0 Å². The molecule has 1 aliphatic heterocycles. The predicted molar refractivity (Wildman–Crippen MR) is 111 cm³/mol. The maximum Gasteiger partial charge on any atom is 0.324 e. The van der Waals surface area contributed by atoms with Gasteiger partial charge in [0.1, 0.15) is 5.82 Å². The molecule has 2 aromatic rings. The quantitative estimate of drug-likeness (QED) is 0.792. The van der Waals surface area contributed by atoms with E-state index < -0.39 is 0 Å². The fraction of sp³-hybridized carbons (Fsp3) is 0.391. The number of nitrogens with zero attached hydrogens (tertiary/aromatic N) is 2. The predicted octanol–water partition coefficient (Wildman–Crippen LogP) is 4.79. The lowest BCUT2D eigenvalue weighted by Gasteiger charge is -2.36. The Morgan fingerprint density at radius 3 is 2.62 bits per heavy atom. The van der Waals surface area contributed by atoms with Crippen LogP contribution in [0, 0.1) is 11.7 Å². The van der Waals surface area contributed by atoms with Gasteiger partial charge in [0.25, 0.3) is 0 Å². The number of benzene rings is 2. The lowest BCUT2D eigenvalue weighted by molar-refractivity contribution is -0.119. The highest BCUT2D eigenvalue weighted by molar-refractivity contribution is 5.96. The van der Waals surface area contributed by atoms with Crippen LogP contribution in [-0.4, -0.2) is 29.9 Å². The highest BCUT2D eigenvalue weighted by atomic mass is 19.1. The Balaban J connectivity index is 1.45. The van der Waals surface area contributed by atoms with Crippen molar-refractivity contribution in [1.82, 2.24) is 4.90 Å². The molecule has 1 heterocycles. The minimum absolute atomic E-state index is 0.0670. The van der Waals surface area contributed by atoms with Gasteiger partial charge in [-0.2, -0.15) is 0 Å². The smallest absolute Gasteiger partial charge is 0.324 e. The zero-order chi connectivity index (χ0) is 20.2. The highest BCUT2D eigenvalue weighted by Crippen LogP contribution is 2.28. The van der Waals surface area contributed by atoms with Crippen molar-refractivity contribution in [2.75, 3.05) is 23.3 Å². The number of anilines is 2. The molecule has 0 atom stereocenters. The van der Waals surface area contributed by atoms with Crippen molar-refractivity contribution >= 4 is 23.3 Å². The maximum atomic E-state index is 13.5. The number of carbonyl (C=O) groups is 2. The number of nitrogens with one attached hydrogen (secondary N) is 1. The van der Waals surface area contributed by atoms with Gasteiger partial charge in [-0.15, -0.1) is 0 Å². The normalized spacial score (nSPS) is 17.6. The third-order valence-corrected chi connectivity index (χ3v) is 5.72. The summed E-state index contributed by atoms with van der Waals surface area (Å²) >= 11 is 0. The number of urea groups is 1. The fourth-order valence-corrected chi connectivity index (χ4v) is 4.21. The molecule has 1 aliphatic carbocycles. The van der Waals surface area contributed by atoms with Gasteiger partial charge in [0.05, 0.1) is 0 Å². The van der Waals surface area contributed by atoms with Crippen molar-refractivity contribution in [3.05, 3.63) is 59.9 Å². The Morgan fingerprint density at radius 2 is 1.83 bits per heavy atom. The molecule has 5 nitrogen and oxygen atoms in total. The Bertz CT molecular complexity index is 895. The summed E-state index contributed by atoms with van der Waals surface area (Å²) in [7, 11) is 0. The molecule has 2 fully saturated rings.